The second-order valence-corrected chi connectivity index (χ2v) is 4.66. The fraction of sp³-hybridized carbons (Fsp3) is 0.385. The molecule has 19 heavy (non-hydrogen) atoms. The quantitative estimate of drug-likeness (QED) is 0.780. The lowest BCUT2D eigenvalue weighted by Crippen LogP contribution is -2.32. The Morgan fingerprint density at radius 2 is 2.26 bits per heavy atom. The summed E-state index contributed by atoms with van der Waals surface area (Å²) in [6.07, 6.45) is 0.758. The highest BCUT2D eigenvalue weighted by Crippen LogP contribution is 2.29. The van der Waals surface area contributed by atoms with Crippen LogP contribution in [0.15, 0.2) is 16.6 Å². The first kappa shape index (κ1) is 15.4. The fourth-order valence-corrected chi connectivity index (χ4v) is 2.07. The van der Waals surface area contributed by atoms with Gasteiger partial charge in [-0.3, -0.25) is 4.79 Å². The Morgan fingerprint density at radius 1 is 1.58 bits per heavy atom. The van der Waals surface area contributed by atoms with Crippen LogP contribution in [0, 0.1) is 17.1 Å². The molecule has 0 aromatic heterocycles. The number of carbonyl (C=O) groups excluding carboxylic acids is 1. The molecule has 0 N–H and O–H groups in total. The molecule has 0 atom stereocenters. The largest absolute Gasteiger partial charge is 0.468 e. The lowest BCUT2D eigenvalue weighted by atomic mass is 10.2. The molecule has 0 heterocycles. The Hall–Kier alpha value is -1.61. The van der Waals surface area contributed by atoms with Crippen LogP contribution in [0.5, 0.6) is 0 Å². The van der Waals surface area contributed by atoms with Crippen molar-refractivity contribution in [2.24, 2.45) is 0 Å². The Bertz CT molecular complexity index is 514. The molecule has 0 fully saturated rings. The number of nitrogens with zero attached hydrogens (tertiary/aromatic N) is 2. The summed E-state index contributed by atoms with van der Waals surface area (Å²) in [6.45, 7) is 2.42. The van der Waals surface area contributed by atoms with Crippen molar-refractivity contribution in [3.8, 4) is 6.07 Å². The average molecular weight is 329 g/mol. The van der Waals surface area contributed by atoms with Crippen molar-refractivity contribution >= 4 is 27.6 Å². The molecule has 0 bridgehead atoms. The van der Waals surface area contributed by atoms with E-state index < -0.39 is 11.8 Å². The first-order valence-electron chi connectivity index (χ1n) is 5.75. The van der Waals surface area contributed by atoms with Crippen molar-refractivity contribution in [1.29, 1.82) is 5.26 Å². The molecule has 0 aliphatic rings. The Morgan fingerprint density at radius 3 is 2.79 bits per heavy atom. The first-order valence-corrected chi connectivity index (χ1v) is 6.54. The summed E-state index contributed by atoms with van der Waals surface area (Å²) in [4.78, 5) is 12.9. The van der Waals surface area contributed by atoms with Crippen LogP contribution < -0.4 is 4.90 Å². The molecular weight excluding hydrogens is 315 g/mol. The predicted octanol–water partition coefficient (Wildman–Crippen LogP) is 2.85. The minimum atomic E-state index is -0.545. The summed E-state index contributed by atoms with van der Waals surface area (Å²) >= 11 is 3.05. The van der Waals surface area contributed by atoms with Crippen molar-refractivity contribution in [1.82, 2.24) is 0 Å². The van der Waals surface area contributed by atoms with Crippen LogP contribution in [0.4, 0.5) is 10.1 Å². The van der Waals surface area contributed by atoms with E-state index >= 15 is 0 Å². The van der Waals surface area contributed by atoms with E-state index in [1.54, 1.807) is 4.90 Å². The van der Waals surface area contributed by atoms with E-state index in [9.17, 15) is 9.18 Å². The maximum atomic E-state index is 14.2. The summed E-state index contributed by atoms with van der Waals surface area (Å²) < 4.78 is 18.9. The smallest absolute Gasteiger partial charge is 0.325 e. The maximum Gasteiger partial charge on any atom is 0.325 e. The van der Waals surface area contributed by atoms with Crippen molar-refractivity contribution in [2.75, 3.05) is 25.1 Å². The van der Waals surface area contributed by atoms with Gasteiger partial charge < -0.3 is 9.64 Å². The Balaban J connectivity index is 3.13. The average Bonchev–Trinajstić information content (AvgIpc) is 2.41. The highest BCUT2D eigenvalue weighted by atomic mass is 79.9. The summed E-state index contributed by atoms with van der Waals surface area (Å²) in [5.41, 5.74) is 0.494. The third-order valence-electron chi connectivity index (χ3n) is 2.56. The van der Waals surface area contributed by atoms with Gasteiger partial charge in [0.2, 0.25) is 0 Å². The number of nitriles is 1. The van der Waals surface area contributed by atoms with E-state index in [4.69, 9.17) is 5.26 Å². The SMILES string of the molecule is CCCN(CC(=O)OC)c1ccc(C#N)c(Br)c1F. The summed E-state index contributed by atoms with van der Waals surface area (Å²) in [5.74, 6) is -0.982. The minimum absolute atomic E-state index is 0.0282. The molecule has 0 unspecified atom stereocenters. The number of carbonyl (C=O) groups is 1. The van der Waals surface area contributed by atoms with Gasteiger partial charge in [0.05, 0.1) is 22.8 Å². The van der Waals surface area contributed by atoms with Crippen molar-refractivity contribution < 1.29 is 13.9 Å². The number of hydrogen-bond acceptors (Lipinski definition) is 4. The molecule has 0 spiro atoms. The summed E-state index contributed by atoms with van der Waals surface area (Å²) in [6, 6.07) is 4.90. The van der Waals surface area contributed by atoms with E-state index in [-0.39, 0.29) is 22.3 Å². The molecule has 102 valence electrons. The highest BCUT2D eigenvalue weighted by molar-refractivity contribution is 9.10. The Kier molecular flexibility index (Phi) is 5.77. The monoisotopic (exact) mass is 328 g/mol. The number of methoxy groups -OCH3 is 1. The predicted molar refractivity (Wildman–Crippen MR) is 73.3 cm³/mol. The van der Waals surface area contributed by atoms with Crippen LogP contribution in [-0.4, -0.2) is 26.2 Å². The molecule has 6 heteroatoms. The van der Waals surface area contributed by atoms with Gasteiger partial charge in [0.15, 0.2) is 5.82 Å². The highest BCUT2D eigenvalue weighted by Gasteiger charge is 2.18. The number of esters is 1. The third-order valence-corrected chi connectivity index (χ3v) is 3.34. The van der Waals surface area contributed by atoms with Crippen molar-refractivity contribution in [3.05, 3.63) is 28.0 Å². The number of rotatable bonds is 5. The Labute approximate surface area is 119 Å². The number of benzene rings is 1. The molecule has 0 aliphatic carbocycles. The summed E-state index contributed by atoms with van der Waals surface area (Å²) in [5, 5.41) is 8.82. The lowest BCUT2D eigenvalue weighted by molar-refractivity contribution is -0.138. The molecule has 0 aliphatic heterocycles. The molecule has 0 saturated heterocycles. The first-order chi connectivity index (χ1) is 9.04. The maximum absolute atomic E-state index is 14.2. The normalized spacial score (nSPS) is 9.84. The third kappa shape index (κ3) is 3.67. The molecule has 0 amide bonds. The zero-order chi connectivity index (χ0) is 14.4. The number of halogens is 2. The summed E-state index contributed by atoms with van der Waals surface area (Å²) in [7, 11) is 1.29. The molecule has 0 radical (unpaired) electrons. The zero-order valence-electron chi connectivity index (χ0n) is 10.7. The molecule has 1 aromatic rings. The van der Waals surface area contributed by atoms with Gasteiger partial charge in [0.1, 0.15) is 12.6 Å². The van der Waals surface area contributed by atoms with Gasteiger partial charge >= 0.3 is 5.97 Å². The molecular formula is C13H14BrFN2O2. The van der Waals surface area contributed by atoms with Gasteiger partial charge in [-0.05, 0) is 34.5 Å². The van der Waals surface area contributed by atoms with Crippen molar-refractivity contribution in [3.63, 3.8) is 0 Å². The molecule has 1 rings (SSSR count). The van der Waals surface area contributed by atoms with Gasteiger partial charge in [-0.25, -0.2) is 4.39 Å². The van der Waals surface area contributed by atoms with Gasteiger partial charge in [0.25, 0.3) is 0 Å². The van der Waals surface area contributed by atoms with Crippen LogP contribution in [0.3, 0.4) is 0 Å². The van der Waals surface area contributed by atoms with Gasteiger partial charge in [-0.2, -0.15) is 5.26 Å². The van der Waals surface area contributed by atoms with Gasteiger partial charge in [-0.1, -0.05) is 6.92 Å². The van der Waals surface area contributed by atoms with E-state index in [1.165, 1.54) is 19.2 Å². The molecule has 0 saturated carbocycles. The van der Waals surface area contributed by atoms with Crippen LogP contribution in [-0.2, 0) is 9.53 Å². The second kappa shape index (κ2) is 7.10. The van der Waals surface area contributed by atoms with E-state index in [0.717, 1.165) is 6.42 Å². The van der Waals surface area contributed by atoms with Gasteiger partial charge in [0, 0.05) is 6.54 Å². The van der Waals surface area contributed by atoms with Crippen molar-refractivity contribution in [2.45, 2.75) is 13.3 Å². The van der Waals surface area contributed by atoms with E-state index in [1.807, 2.05) is 13.0 Å². The standard InChI is InChI=1S/C13H14BrFN2O2/c1-3-6-17(8-11(18)19-2)10-5-4-9(7-16)12(14)13(10)15/h4-5H,3,6,8H2,1-2H3. The molecule has 4 nitrogen and oxygen atoms in total. The van der Waals surface area contributed by atoms with Crippen LogP contribution in [0.25, 0.3) is 0 Å². The van der Waals surface area contributed by atoms with Crippen LogP contribution >= 0.6 is 15.9 Å². The zero-order valence-corrected chi connectivity index (χ0v) is 12.3. The number of anilines is 1. The van der Waals surface area contributed by atoms with Crippen LogP contribution in [0.2, 0.25) is 0 Å². The topological polar surface area (TPSA) is 53.3 Å². The van der Waals surface area contributed by atoms with Gasteiger partial charge in [-0.15, -0.1) is 0 Å². The fourth-order valence-electron chi connectivity index (χ4n) is 1.64. The van der Waals surface area contributed by atoms with E-state index in [0.29, 0.717) is 6.54 Å². The van der Waals surface area contributed by atoms with Crippen LogP contribution in [0.1, 0.15) is 18.9 Å². The minimum Gasteiger partial charge on any atom is -0.468 e. The molecule has 1 aromatic carbocycles. The lowest BCUT2D eigenvalue weighted by Gasteiger charge is -2.24. The van der Waals surface area contributed by atoms with E-state index in [2.05, 4.69) is 20.7 Å². The second-order valence-electron chi connectivity index (χ2n) is 3.87. The number of hydrogen-bond donors (Lipinski definition) is 0. The number of ether oxygens (including phenoxy) is 1.